The molecule has 0 saturated carbocycles. The van der Waals surface area contributed by atoms with Crippen molar-refractivity contribution < 1.29 is 9.53 Å². The van der Waals surface area contributed by atoms with Gasteiger partial charge in [-0.1, -0.05) is 63.3 Å². The molecule has 0 aromatic heterocycles. The molecule has 1 aromatic rings. The number of hydrogen-bond acceptors (Lipinski definition) is 3. The number of carbonyl (C=O) groups excluding carboxylic acids is 1. The van der Waals surface area contributed by atoms with Gasteiger partial charge in [0.25, 0.3) is 5.91 Å². The van der Waals surface area contributed by atoms with Gasteiger partial charge < -0.3 is 15.4 Å². The fourth-order valence-corrected chi connectivity index (χ4v) is 3.77. The molecule has 0 radical (unpaired) electrons. The van der Waals surface area contributed by atoms with E-state index in [1.54, 1.807) is 25.3 Å². The van der Waals surface area contributed by atoms with Gasteiger partial charge in [0.1, 0.15) is 5.76 Å². The number of hydrogen-bond donors (Lipinski definition) is 2. The summed E-state index contributed by atoms with van der Waals surface area (Å²) in [5.41, 5.74) is 1.73. The summed E-state index contributed by atoms with van der Waals surface area (Å²) in [6.45, 7) is 12.2. The summed E-state index contributed by atoms with van der Waals surface area (Å²) in [6.07, 6.45) is 9.48. The minimum Gasteiger partial charge on any atom is -0.496 e. The Hall–Kier alpha value is -2.33. The minimum absolute atomic E-state index is 0.0627. The van der Waals surface area contributed by atoms with E-state index >= 15 is 0 Å². The molecule has 1 fully saturated rings. The van der Waals surface area contributed by atoms with Crippen LogP contribution < -0.4 is 10.6 Å². The van der Waals surface area contributed by atoms with Crippen LogP contribution in [-0.4, -0.2) is 32.7 Å². The van der Waals surface area contributed by atoms with E-state index in [2.05, 4.69) is 41.5 Å². The number of nitrogens with one attached hydrogen (secondary N) is 2. The molecule has 0 aliphatic carbocycles. The maximum atomic E-state index is 12.9. The van der Waals surface area contributed by atoms with Gasteiger partial charge in [0.15, 0.2) is 0 Å². The highest BCUT2D eigenvalue weighted by Gasteiger charge is 2.33. The number of methoxy groups -OCH3 is 1. The molecule has 1 aliphatic rings. The fourth-order valence-electron chi connectivity index (χ4n) is 3.77. The first-order valence-electron chi connectivity index (χ1n) is 10.7. The standard InChI is InChI=1S/C23H32N2O2.C2H6/c1-4-11-20(21(5-2)27-3)22(26)25-18-23(19-12-7-6-8-13-19)14-9-10-16-24-17-15-23;1-2/h4-8,11-13,24H,1,9-10,14-18H2,2-3H3,(H,25,26);1-2H3/b20-11+,21-5+;. The average Bonchev–Trinajstić information content (AvgIpc) is 2.75. The van der Waals surface area contributed by atoms with Crippen LogP contribution in [0.4, 0.5) is 0 Å². The first kappa shape index (κ1) is 24.7. The van der Waals surface area contributed by atoms with Crippen LogP contribution >= 0.6 is 0 Å². The van der Waals surface area contributed by atoms with Gasteiger partial charge in [-0.3, -0.25) is 4.79 Å². The van der Waals surface area contributed by atoms with Crippen molar-refractivity contribution in [3.8, 4) is 0 Å². The lowest BCUT2D eigenvalue weighted by molar-refractivity contribution is -0.117. The molecule has 4 nitrogen and oxygen atoms in total. The molecule has 1 aliphatic heterocycles. The molecule has 1 aromatic carbocycles. The molecule has 2 rings (SSSR count). The van der Waals surface area contributed by atoms with E-state index in [9.17, 15) is 4.79 Å². The van der Waals surface area contributed by atoms with Crippen LogP contribution in [0.1, 0.15) is 52.0 Å². The smallest absolute Gasteiger partial charge is 0.255 e. The van der Waals surface area contributed by atoms with Crippen molar-refractivity contribution in [3.63, 3.8) is 0 Å². The SMILES string of the molecule is C=C/C=C(C(=O)NCC1(c2ccccc2)CCCCNCC1)\C(=C/C)OC.CC. The quantitative estimate of drug-likeness (QED) is 0.390. The largest absolute Gasteiger partial charge is 0.496 e. The van der Waals surface area contributed by atoms with Crippen molar-refractivity contribution in [3.05, 3.63) is 72.0 Å². The van der Waals surface area contributed by atoms with E-state index < -0.39 is 0 Å². The molecule has 1 unspecified atom stereocenters. The van der Waals surface area contributed by atoms with Gasteiger partial charge in [-0.05, 0) is 57.0 Å². The van der Waals surface area contributed by atoms with Crippen LogP contribution in [-0.2, 0) is 14.9 Å². The highest BCUT2D eigenvalue weighted by molar-refractivity contribution is 5.97. The summed E-state index contributed by atoms with van der Waals surface area (Å²) in [7, 11) is 1.57. The van der Waals surface area contributed by atoms with Crippen LogP contribution in [0, 0.1) is 0 Å². The van der Waals surface area contributed by atoms with Gasteiger partial charge in [0.05, 0.1) is 12.7 Å². The first-order chi connectivity index (χ1) is 14.2. The van der Waals surface area contributed by atoms with Crippen LogP contribution in [0.25, 0.3) is 0 Å². The molecular weight excluding hydrogens is 360 g/mol. The predicted octanol–water partition coefficient (Wildman–Crippen LogP) is 4.89. The number of allylic oxidation sites excluding steroid dienone is 3. The van der Waals surface area contributed by atoms with Gasteiger partial charge in [-0.2, -0.15) is 0 Å². The number of benzene rings is 1. The Labute approximate surface area is 177 Å². The van der Waals surface area contributed by atoms with Gasteiger partial charge in [-0.15, -0.1) is 0 Å². The second-order valence-electron chi connectivity index (χ2n) is 6.96. The lowest BCUT2D eigenvalue weighted by Crippen LogP contribution is -2.44. The summed E-state index contributed by atoms with van der Waals surface area (Å²) in [6, 6.07) is 10.6. The third kappa shape index (κ3) is 7.21. The van der Waals surface area contributed by atoms with Crippen LogP contribution in [0.3, 0.4) is 0 Å². The zero-order chi connectivity index (χ0) is 21.5. The Morgan fingerprint density at radius 2 is 1.93 bits per heavy atom. The highest BCUT2D eigenvalue weighted by Crippen LogP contribution is 2.34. The van der Waals surface area contributed by atoms with Crippen LogP contribution in [0.2, 0.25) is 0 Å². The van der Waals surface area contributed by atoms with Crippen molar-refractivity contribution in [1.29, 1.82) is 0 Å². The Kier molecular flexibility index (Phi) is 11.7. The van der Waals surface area contributed by atoms with Gasteiger partial charge >= 0.3 is 0 Å². The lowest BCUT2D eigenvalue weighted by Gasteiger charge is -2.36. The Bertz CT molecular complexity index is 669. The Balaban J connectivity index is 0.00000204. The summed E-state index contributed by atoms with van der Waals surface area (Å²) in [5.74, 6) is 0.427. The first-order valence-corrected chi connectivity index (χ1v) is 10.7. The van der Waals surface area contributed by atoms with Crippen molar-refractivity contribution in [2.75, 3.05) is 26.7 Å². The van der Waals surface area contributed by atoms with Crippen molar-refractivity contribution in [1.82, 2.24) is 10.6 Å². The molecule has 0 bridgehead atoms. The molecule has 1 heterocycles. The molecule has 160 valence electrons. The van der Waals surface area contributed by atoms with Gasteiger partial charge in [0.2, 0.25) is 0 Å². The summed E-state index contributed by atoms with van der Waals surface area (Å²) < 4.78 is 5.35. The lowest BCUT2D eigenvalue weighted by atomic mass is 9.73. The molecule has 1 amide bonds. The molecule has 4 heteroatoms. The monoisotopic (exact) mass is 398 g/mol. The number of ether oxygens (including phenoxy) is 1. The zero-order valence-electron chi connectivity index (χ0n) is 18.6. The van der Waals surface area contributed by atoms with E-state index in [0.29, 0.717) is 17.9 Å². The molecule has 2 N–H and O–H groups in total. The van der Waals surface area contributed by atoms with E-state index in [-0.39, 0.29) is 11.3 Å². The molecular formula is C25H38N2O2. The van der Waals surface area contributed by atoms with E-state index in [1.807, 2.05) is 26.8 Å². The number of amides is 1. The summed E-state index contributed by atoms with van der Waals surface area (Å²) in [5, 5.41) is 6.68. The topological polar surface area (TPSA) is 50.4 Å². The Morgan fingerprint density at radius 1 is 1.21 bits per heavy atom. The minimum atomic E-state index is -0.129. The molecule has 1 atom stereocenters. The number of rotatable bonds is 7. The molecule has 1 saturated heterocycles. The van der Waals surface area contributed by atoms with Gasteiger partial charge in [-0.25, -0.2) is 0 Å². The van der Waals surface area contributed by atoms with Crippen LogP contribution in [0.15, 0.2) is 66.5 Å². The van der Waals surface area contributed by atoms with E-state index in [0.717, 1.165) is 38.8 Å². The van der Waals surface area contributed by atoms with E-state index in [4.69, 9.17) is 4.74 Å². The summed E-state index contributed by atoms with van der Waals surface area (Å²) in [4.78, 5) is 12.9. The number of carbonyl (C=O) groups is 1. The highest BCUT2D eigenvalue weighted by atomic mass is 16.5. The second-order valence-corrected chi connectivity index (χ2v) is 6.96. The van der Waals surface area contributed by atoms with E-state index in [1.165, 1.54) is 5.56 Å². The summed E-state index contributed by atoms with van der Waals surface area (Å²) >= 11 is 0. The Morgan fingerprint density at radius 3 is 2.55 bits per heavy atom. The fraction of sp³-hybridized carbons (Fsp3) is 0.480. The van der Waals surface area contributed by atoms with Crippen molar-refractivity contribution >= 4 is 5.91 Å². The molecule has 29 heavy (non-hydrogen) atoms. The second kappa shape index (κ2) is 13.8. The third-order valence-electron chi connectivity index (χ3n) is 5.29. The van der Waals surface area contributed by atoms with Crippen LogP contribution in [0.5, 0.6) is 0 Å². The third-order valence-corrected chi connectivity index (χ3v) is 5.29. The molecule has 0 spiro atoms. The predicted molar refractivity (Wildman–Crippen MR) is 123 cm³/mol. The maximum Gasteiger partial charge on any atom is 0.255 e. The average molecular weight is 399 g/mol. The van der Waals surface area contributed by atoms with Crippen molar-refractivity contribution in [2.24, 2.45) is 0 Å². The zero-order valence-corrected chi connectivity index (χ0v) is 18.6. The normalized spacial score (nSPS) is 20.4. The van der Waals surface area contributed by atoms with Crippen molar-refractivity contribution in [2.45, 2.75) is 51.9 Å². The maximum absolute atomic E-state index is 12.9. The van der Waals surface area contributed by atoms with Gasteiger partial charge in [0, 0.05) is 12.0 Å².